The van der Waals surface area contributed by atoms with Crippen molar-refractivity contribution in [3.05, 3.63) is 72.3 Å². The Hall–Kier alpha value is -3.60. The van der Waals surface area contributed by atoms with Crippen LogP contribution >= 0.6 is 0 Å². The monoisotopic (exact) mass is 355 g/mol. The van der Waals surface area contributed by atoms with Crippen molar-refractivity contribution in [2.24, 2.45) is 0 Å². The van der Waals surface area contributed by atoms with E-state index in [-0.39, 0.29) is 6.79 Å². The van der Waals surface area contributed by atoms with Crippen LogP contribution in [0, 0.1) is 6.92 Å². The van der Waals surface area contributed by atoms with Crippen LogP contribution in [0.5, 0.6) is 11.5 Å². The smallest absolute Gasteiger partial charge is 0.231 e. The van der Waals surface area contributed by atoms with E-state index >= 15 is 0 Å². The summed E-state index contributed by atoms with van der Waals surface area (Å²) >= 11 is 0. The number of fused-ring (bicyclic) bond motifs is 2. The Balaban J connectivity index is 1.60. The Morgan fingerprint density at radius 3 is 2.44 bits per heavy atom. The fraction of sp³-hybridized carbons (Fsp3) is 0.0909. The van der Waals surface area contributed by atoms with Crippen molar-refractivity contribution in [1.82, 2.24) is 10.2 Å². The third kappa shape index (κ3) is 2.83. The molecule has 0 saturated carbocycles. The Kier molecular flexibility index (Phi) is 3.64. The maximum Gasteiger partial charge on any atom is 0.231 e. The molecule has 0 unspecified atom stereocenters. The van der Waals surface area contributed by atoms with Crippen molar-refractivity contribution < 1.29 is 9.47 Å². The van der Waals surface area contributed by atoms with Gasteiger partial charge in [-0.1, -0.05) is 42.0 Å². The Bertz CT molecular complexity index is 1140. The van der Waals surface area contributed by atoms with Crippen LogP contribution < -0.4 is 14.8 Å². The van der Waals surface area contributed by atoms with Crippen molar-refractivity contribution in [2.75, 3.05) is 12.1 Å². The maximum atomic E-state index is 5.50. The van der Waals surface area contributed by atoms with Crippen LogP contribution in [-0.4, -0.2) is 17.0 Å². The molecule has 132 valence electrons. The molecule has 3 aromatic carbocycles. The van der Waals surface area contributed by atoms with Gasteiger partial charge in [0.2, 0.25) is 6.79 Å². The molecule has 2 heterocycles. The third-order valence-electron chi connectivity index (χ3n) is 4.65. The van der Waals surface area contributed by atoms with Gasteiger partial charge in [-0.3, -0.25) is 0 Å². The topological polar surface area (TPSA) is 56.3 Å². The van der Waals surface area contributed by atoms with Crippen molar-refractivity contribution in [2.45, 2.75) is 6.92 Å². The third-order valence-corrected chi connectivity index (χ3v) is 4.65. The van der Waals surface area contributed by atoms with E-state index in [2.05, 4.69) is 46.7 Å². The van der Waals surface area contributed by atoms with Gasteiger partial charge in [0.1, 0.15) is 5.69 Å². The number of anilines is 2. The highest BCUT2D eigenvalue weighted by atomic mass is 16.7. The first kappa shape index (κ1) is 15.6. The van der Waals surface area contributed by atoms with Gasteiger partial charge >= 0.3 is 0 Å². The van der Waals surface area contributed by atoms with Crippen LogP contribution in [0.3, 0.4) is 0 Å². The van der Waals surface area contributed by atoms with Crippen LogP contribution in [0.4, 0.5) is 11.5 Å². The molecule has 1 N–H and O–H groups in total. The summed E-state index contributed by atoms with van der Waals surface area (Å²) in [5.41, 5.74) is 3.97. The molecule has 5 nitrogen and oxygen atoms in total. The molecule has 0 fully saturated rings. The quantitative estimate of drug-likeness (QED) is 0.555. The lowest BCUT2D eigenvalue weighted by molar-refractivity contribution is 0.174. The summed E-state index contributed by atoms with van der Waals surface area (Å²) in [5, 5.41) is 14.4. The van der Waals surface area contributed by atoms with Gasteiger partial charge in [0.25, 0.3) is 0 Å². The second kappa shape index (κ2) is 6.29. The van der Waals surface area contributed by atoms with Gasteiger partial charge in [0.15, 0.2) is 17.3 Å². The standard InChI is InChI=1S/C22H17N3O2/c1-14-6-9-16(10-7-14)23-22-18-5-3-2-4-17(18)21(24-25-22)15-8-11-19-20(12-15)27-13-26-19/h2-12H,13H2,1H3,(H,23,25). The van der Waals surface area contributed by atoms with Crippen LogP contribution in [0.25, 0.3) is 22.0 Å². The predicted octanol–water partition coefficient (Wildman–Crippen LogP) is 5.08. The molecule has 0 radical (unpaired) electrons. The molecule has 0 atom stereocenters. The first-order valence-corrected chi connectivity index (χ1v) is 8.77. The summed E-state index contributed by atoms with van der Waals surface area (Å²) < 4.78 is 10.9. The zero-order valence-corrected chi connectivity index (χ0v) is 14.8. The highest BCUT2D eigenvalue weighted by Gasteiger charge is 2.17. The van der Waals surface area contributed by atoms with E-state index in [4.69, 9.17) is 9.47 Å². The Morgan fingerprint density at radius 1 is 0.815 bits per heavy atom. The van der Waals surface area contributed by atoms with Gasteiger partial charge in [-0.15, -0.1) is 10.2 Å². The Labute approximate surface area is 156 Å². The zero-order chi connectivity index (χ0) is 18.2. The fourth-order valence-electron chi connectivity index (χ4n) is 3.23. The number of nitrogens with zero attached hydrogens (tertiary/aromatic N) is 2. The molecule has 0 bridgehead atoms. The van der Waals surface area contributed by atoms with E-state index in [9.17, 15) is 0 Å². The first-order valence-electron chi connectivity index (χ1n) is 8.77. The molecular weight excluding hydrogens is 338 g/mol. The van der Waals surface area contributed by atoms with E-state index in [0.717, 1.165) is 45.0 Å². The fourth-order valence-corrected chi connectivity index (χ4v) is 3.23. The minimum Gasteiger partial charge on any atom is -0.454 e. The lowest BCUT2D eigenvalue weighted by Crippen LogP contribution is -1.99. The minimum absolute atomic E-state index is 0.255. The minimum atomic E-state index is 0.255. The Morgan fingerprint density at radius 2 is 1.59 bits per heavy atom. The normalized spacial score (nSPS) is 12.3. The second-order valence-corrected chi connectivity index (χ2v) is 6.50. The molecule has 1 aliphatic rings. The van der Waals surface area contributed by atoms with Gasteiger partial charge in [-0.2, -0.15) is 0 Å². The summed E-state index contributed by atoms with van der Waals surface area (Å²) in [6.07, 6.45) is 0. The van der Waals surface area contributed by atoms with Crippen molar-refractivity contribution >= 4 is 22.3 Å². The van der Waals surface area contributed by atoms with E-state index in [1.807, 2.05) is 42.5 Å². The maximum absolute atomic E-state index is 5.50. The van der Waals surface area contributed by atoms with Gasteiger partial charge in [0.05, 0.1) is 0 Å². The largest absolute Gasteiger partial charge is 0.454 e. The molecule has 0 spiro atoms. The van der Waals surface area contributed by atoms with E-state index in [0.29, 0.717) is 0 Å². The van der Waals surface area contributed by atoms with Crippen LogP contribution in [0.2, 0.25) is 0 Å². The van der Waals surface area contributed by atoms with Crippen LogP contribution in [-0.2, 0) is 0 Å². The average molecular weight is 355 g/mol. The number of rotatable bonds is 3. The lowest BCUT2D eigenvalue weighted by Gasteiger charge is -2.11. The molecule has 27 heavy (non-hydrogen) atoms. The van der Waals surface area contributed by atoms with Gasteiger partial charge < -0.3 is 14.8 Å². The molecule has 1 aromatic heterocycles. The van der Waals surface area contributed by atoms with Crippen molar-refractivity contribution in [1.29, 1.82) is 0 Å². The molecule has 0 aliphatic carbocycles. The summed E-state index contributed by atoms with van der Waals surface area (Å²) in [6.45, 7) is 2.32. The summed E-state index contributed by atoms with van der Waals surface area (Å²) in [4.78, 5) is 0. The lowest BCUT2D eigenvalue weighted by atomic mass is 10.0. The van der Waals surface area contributed by atoms with Crippen LogP contribution in [0.15, 0.2) is 66.7 Å². The van der Waals surface area contributed by atoms with Gasteiger partial charge in [0, 0.05) is 22.0 Å². The summed E-state index contributed by atoms with van der Waals surface area (Å²) in [7, 11) is 0. The number of aromatic nitrogens is 2. The molecule has 0 amide bonds. The highest BCUT2D eigenvalue weighted by Crippen LogP contribution is 2.38. The molecule has 5 rings (SSSR count). The van der Waals surface area contributed by atoms with Gasteiger partial charge in [-0.25, -0.2) is 0 Å². The van der Waals surface area contributed by atoms with E-state index < -0.39 is 0 Å². The molecule has 1 aliphatic heterocycles. The first-order chi connectivity index (χ1) is 13.3. The van der Waals surface area contributed by atoms with Crippen LogP contribution in [0.1, 0.15) is 5.56 Å². The number of hydrogen-bond acceptors (Lipinski definition) is 5. The molecular formula is C22H17N3O2. The average Bonchev–Trinajstić information content (AvgIpc) is 3.18. The van der Waals surface area contributed by atoms with E-state index in [1.165, 1.54) is 5.56 Å². The number of nitrogens with one attached hydrogen (secondary N) is 1. The molecule has 4 aromatic rings. The number of ether oxygens (including phenoxy) is 2. The van der Waals surface area contributed by atoms with Crippen molar-refractivity contribution in [3.63, 3.8) is 0 Å². The number of benzene rings is 3. The molecule has 0 saturated heterocycles. The second-order valence-electron chi connectivity index (χ2n) is 6.50. The predicted molar refractivity (Wildman–Crippen MR) is 106 cm³/mol. The number of hydrogen-bond donors (Lipinski definition) is 1. The van der Waals surface area contributed by atoms with Gasteiger partial charge in [-0.05, 0) is 37.3 Å². The zero-order valence-electron chi connectivity index (χ0n) is 14.8. The van der Waals surface area contributed by atoms with E-state index in [1.54, 1.807) is 0 Å². The number of aryl methyl sites for hydroxylation is 1. The SMILES string of the molecule is Cc1ccc(Nc2nnc(-c3ccc4c(c3)OCO4)c3ccccc23)cc1. The highest BCUT2D eigenvalue weighted by molar-refractivity contribution is 6.01. The van der Waals surface area contributed by atoms with Crippen molar-refractivity contribution in [3.8, 4) is 22.8 Å². The molecule has 5 heteroatoms. The summed E-state index contributed by atoms with van der Waals surface area (Å²) in [6, 6.07) is 22.2. The summed E-state index contributed by atoms with van der Waals surface area (Å²) in [5.74, 6) is 2.23.